The Hall–Kier alpha value is -13.5. The van der Waals surface area contributed by atoms with E-state index >= 15 is 9.59 Å². The van der Waals surface area contributed by atoms with Gasteiger partial charge in [0, 0.05) is 76.3 Å². The molecular formula is C102H122N22O12S2. The molecule has 0 spiro atoms. The molecule has 36 heteroatoms. The fourth-order valence-electron chi connectivity index (χ4n) is 19.9. The summed E-state index contributed by atoms with van der Waals surface area (Å²) in [5.74, 6) is 29.0. The van der Waals surface area contributed by atoms with E-state index in [9.17, 15) is 28.8 Å². The summed E-state index contributed by atoms with van der Waals surface area (Å²) in [7, 11) is 5.09. The number of thiophene rings is 2. The highest BCUT2D eigenvalue weighted by Crippen LogP contribution is 2.47. The number of aromatic nitrogens is 12. The van der Waals surface area contributed by atoms with Crippen LogP contribution in [0.4, 0.5) is 19.2 Å². The first kappa shape index (κ1) is 97.6. The van der Waals surface area contributed by atoms with Crippen LogP contribution in [-0.4, -0.2) is 219 Å². The van der Waals surface area contributed by atoms with Gasteiger partial charge in [0.25, 0.3) is 0 Å². The second kappa shape index (κ2) is 43.0. The average molecular weight is 1910 g/mol. The number of fused-ring (bicyclic) bond motifs is 1. The Morgan fingerprint density at radius 1 is 0.420 bits per heavy atom. The van der Waals surface area contributed by atoms with E-state index in [1.54, 1.807) is 62.2 Å². The fraction of sp³-hybridized carbons (Fsp3) is 0.490. The molecule has 138 heavy (non-hydrogen) atoms. The molecule has 2 aromatic carbocycles. The zero-order chi connectivity index (χ0) is 97.4. The van der Waals surface area contributed by atoms with Crippen LogP contribution >= 0.6 is 22.7 Å². The lowest BCUT2D eigenvalue weighted by molar-refractivity contribution is -0.136. The fourth-order valence-corrected chi connectivity index (χ4v) is 22.2. The number of hydrogen-bond donors (Lipinski definition) is 12. The van der Waals surface area contributed by atoms with E-state index in [4.69, 9.17) is 38.9 Å². The van der Waals surface area contributed by atoms with Crippen molar-refractivity contribution < 1.29 is 57.3 Å². The Bertz CT molecular complexity index is 6320. The van der Waals surface area contributed by atoms with E-state index in [1.807, 2.05) is 114 Å². The molecule has 6 saturated heterocycles. The normalized spacial score (nSPS) is 22.8. The van der Waals surface area contributed by atoms with Crippen LogP contribution in [-0.2, 0) is 38.1 Å². The topological polar surface area (TPSA) is 431 Å². The van der Waals surface area contributed by atoms with Crippen LogP contribution in [0.15, 0.2) is 97.8 Å². The lowest BCUT2D eigenvalue weighted by atomic mass is 9.89. The summed E-state index contributed by atoms with van der Waals surface area (Å²) < 4.78 is 22.0. The van der Waals surface area contributed by atoms with Crippen molar-refractivity contribution in [3.63, 3.8) is 0 Å². The standard InChI is InChI=1S/C102H122N22O12S2/c1-54(2)85(117-99(129)133-12)95(125)121-50-58(8)35-77(121)91-106-46-70(112-91)32-28-64-22-24-65(25-23-64)29-33-71-47-107-92(113-71)78-36-59(9)51-122(78)98(128)88(120-102(132)136-15)60(10)16-17-66-39-79(123(52-66)96(126)86(55(3)4)118-100(130)134-13)93-108-48-75(115-93)81-41-83-84(137-81)42-82(138-83)76-49-109-94(116-76)80-40-67(53-124(80)97(127)87(56(5)6)119-101(131)135-14)38-72-61(11)37-74(114-72)90-105-45-69(111-90)31-27-63-20-18-62(19-21-63)26-30-68-44-104-89(110-68)73-34-57(7)43-103-73/h18-25,41-42,44-49,54-61,66-67,72-74,77-80,85-88,103,114H,16-17,34-40,43,50-53H2,1-15H3,(H,104,110)(H,105,111)(H,106,112)(H,107,113)(H,108,115)(H,109,116)(H,117,129)(H,118,130)(H,119,131)(H,120,132). The predicted molar refractivity (Wildman–Crippen MR) is 520 cm³/mol. The number of benzene rings is 2. The largest absolute Gasteiger partial charge is 0.453 e. The van der Waals surface area contributed by atoms with E-state index in [0.29, 0.717) is 117 Å². The number of imidazole rings is 6. The second-order valence-corrected chi connectivity index (χ2v) is 41.1. The number of carbonyl (C=O) groups is 8. The van der Waals surface area contributed by atoms with Gasteiger partial charge >= 0.3 is 24.4 Å². The van der Waals surface area contributed by atoms with Gasteiger partial charge in [-0.25, -0.2) is 49.1 Å². The van der Waals surface area contributed by atoms with Gasteiger partial charge in [-0.3, -0.25) is 19.2 Å². The molecule has 0 bridgehead atoms. The number of aromatic amines is 6. The van der Waals surface area contributed by atoms with Gasteiger partial charge in [0.2, 0.25) is 23.6 Å². The lowest BCUT2D eigenvalue weighted by Crippen LogP contribution is -2.52. The van der Waals surface area contributed by atoms with Gasteiger partial charge in [0.15, 0.2) is 0 Å². The Morgan fingerprint density at radius 2 is 0.775 bits per heavy atom. The van der Waals surface area contributed by atoms with Gasteiger partial charge in [0.1, 0.15) is 81.9 Å². The van der Waals surface area contributed by atoms with Crippen molar-refractivity contribution in [3.8, 4) is 68.5 Å². The van der Waals surface area contributed by atoms with Gasteiger partial charge in [-0.2, -0.15) is 0 Å². The van der Waals surface area contributed by atoms with E-state index in [2.05, 4.69) is 159 Å². The minimum Gasteiger partial charge on any atom is -0.453 e. The number of ether oxygens (including phenoxy) is 4. The minimum absolute atomic E-state index is 0.0329. The van der Waals surface area contributed by atoms with Gasteiger partial charge in [0.05, 0.1) is 111 Å². The van der Waals surface area contributed by atoms with Crippen molar-refractivity contribution in [2.24, 2.45) is 59.2 Å². The zero-order valence-electron chi connectivity index (χ0n) is 80.4. The van der Waals surface area contributed by atoms with Crippen molar-refractivity contribution in [1.82, 2.24) is 111 Å². The molecule has 18 atom stereocenters. The average Bonchev–Trinajstić information content (AvgIpc) is 1.60. The number of nitrogens with zero attached hydrogens (tertiary/aromatic N) is 10. The van der Waals surface area contributed by atoms with Gasteiger partial charge in [-0.1, -0.05) is 99.8 Å². The summed E-state index contributed by atoms with van der Waals surface area (Å²) in [4.78, 5) is 169. The van der Waals surface area contributed by atoms with E-state index < -0.39 is 72.6 Å². The number of hydrogen-bond acceptors (Lipinski definition) is 22. The smallest absolute Gasteiger partial charge is 0.407 e. The molecule has 12 N–H and O–H groups in total. The van der Waals surface area contributed by atoms with Crippen molar-refractivity contribution in [2.45, 2.75) is 200 Å². The third kappa shape index (κ3) is 22.7. The molecule has 0 aliphatic carbocycles. The molecular weight excluding hydrogens is 1790 g/mol. The molecule has 0 radical (unpaired) electrons. The summed E-state index contributed by atoms with van der Waals surface area (Å²) in [5.41, 5.74) is 7.26. The molecule has 6 fully saturated rings. The lowest BCUT2D eigenvalue weighted by Gasteiger charge is -2.31. The number of H-pyrrole nitrogens is 6. The van der Waals surface area contributed by atoms with E-state index in [0.717, 1.165) is 90.3 Å². The first-order valence-corrected chi connectivity index (χ1v) is 49.3. The molecule has 8 amide bonds. The summed E-state index contributed by atoms with van der Waals surface area (Å²) in [6.07, 6.45) is 14.0. The van der Waals surface area contributed by atoms with E-state index in [-0.39, 0.29) is 95.1 Å². The highest BCUT2D eigenvalue weighted by Gasteiger charge is 2.48. The molecule has 6 aliphatic rings. The highest BCUT2D eigenvalue weighted by atomic mass is 32.1. The highest BCUT2D eigenvalue weighted by molar-refractivity contribution is 7.31. The quantitative estimate of drug-likeness (QED) is 0.0187. The van der Waals surface area contributed by atoms with Gasteiger partial charge < -0.3 is 100 Å². The Kier molecular flexibility index (Phi) is 30.4. The molecule has 34 nitrogen and oxygen atoms in total. The second-order valence-electron chi connectivity index (χ2n) is 38.9. The van der Waals surface area contributed by atoms with Crippen molar-refractivity contribution in [2.75, 3.05) is 61.2 Å². The van der Waals surface area contributed by atoms with Crippen LogP contribution in [0.2, 0.25) is 0 Å². The van der Waals surface area contributed by atoms with Gasteiger partial charge in [-0.15, -0.1) is 22.7 Å². The third-order valence-electron chi connectivity index (χ3n) is 27.4. The first-order chi connectivity index (χ1) is 66.4. The molecule has 10 aromatic rings. The minimum atomic E-state index is -0.991. The SMILES string of the molecule is COC(=O)NC(C(=O)N1CC(CCC(C)C(NC(=O)OC)C(=O)N2CC(C)CC2c2ncc(C#Cc3ccc(C#Cc4cnc(C5CC(C)CN5C(=O)C(NC(=O)OC)C(C)C)[nH]4)cc3)[nH]2)CC1c1nc(-c2cc3sc(-c4c[nH]c(C5CC(CC6NC(c7ncc(C#Cc8ccc(C#Cc9cnc(C%10CC(C)CN%10)[nH]9)cc8)[nH]7)CC6C)CN5C(=O)C(NC(=O)OC)C(C)C)n4)cc3s2)c[nH]1)C(C)C. The van der Waals surface area contributed by atoms with Crippen LogP contribution in [0.25, 0.3) is 30.5 Å². The Balaban J connectivity index is 0.554. The molecule has 6 aliphatic heterocycles. The Labute approximate surface area is 811 Å². The summed E-state index contributed by atoms with van der Waals surface area (Å²) in [6.45, 7) is 24.6. The third-order valence-corrected chi connectivity index (χ3v) is 29.8. The van der Waals surface area contributed by atoms with E-state index in [1.165, 1.54) is 28.4 Å². The number of amides is 8. The van der Waals surface area contributed by atoms with Gasteiger partial charge in [-0.05, 0) is 208 Å². The maximum absolute atomic E-state index is 15.2. The number of methoxy groups -OCH3 is 4. The van der Waals surface area contributed by atoms with Crippen molar-refractivity contribution >= 4 is 80.1 Å². The summed E-state index contributed by atoms with van der Waals surface area (Å²) >= 11 is 3.18. The maximum atomic E-state index is 15.2. The molecule has 8 aromatic heterocycles. The first-order valence-electron chi connectivity index (χ1n) is 47.6. The van der Waals surface area contributed by atoms with Crippen LogP contribution in [0.1, 0.15) is 250 Å². The molecule has 16 rings (SSSR count). The van der Waals surface area contributed by atoms with Crippen LogP contribution in [0.3, 0.4) is 0 Å². The summed E-state index contributed by atoms with van der Waals surface area (Å²) in [5, 5.41) is 18.6. The van der Waals surface area contributed by atoms with Crippen LogP contribution in [0.5, 0.6) is 0 Å². The number of carbonyl (C=O) groups excluding carboxylic acids is 8. The number of alkyl carbamates (subject to hydrolysis) is 4. The Morgan fingerprint density at radius 3 is 1.17 bits per heavy atom. The number of rotatable bonds is 25. The van der Waals surface area contributed by atoms with Crippen molar-refractivity contribution in [1.29, 1.82) is 0 Å². The molecule has 724 valence electrons. The monoisotopic (exact) mass is 1910 g/mol. The van der Waals surface area contributed by atoms with Crippen LogP contribution < -0.4 is 31.9 Å². The molecule has 18 unspecified atom stereocenters. The summed E-state index contributed by atoms with van der Waals surface area (Å²) in [6, 6.07) is 14.7. The molecule has 0 saturated carbocycles. The van der Waals surface area contributed by atoms with Crippen LogP contribution in [0, 0.1) is 107 Å². The molecule has 14 heterocycles. The number of nitrogens with one attached hydrogen (secondary N) is 12. The zero-order valence-corrected chi connectivity index (χ0v) is 82.1. The van der Waals surface area contributed by atoms with Crippen molar-refractivity contribution in [3.05, 3.63) is 178 Å². The predicted octanol–water partition coefficient (Wildman–Crippen LogP) is 13.6. The maximum Gasteiger partial charge on any atom is 0.407 e. The number of likely N-dealkylation sites (tertiary alicyclic amines) is 4.